The molecule has 5 nitrogen and oxygen atoms in total. The Kier molecular flexibility index (Phi) is 4.73. The van der Waals surface area contributed by atoms with Crippen LogP contribution in [-0.4, -0.2) is 23.8 Å². The van der Waals surface area contributed by atoms with Gasteiger partial charge in [-0.05, 0) is 48.5 Å². The molecule has 18 heavy (non-hydrogen) atoms. The van der Waals surface area contributed by atoms with E-state index in [-0.39, 0.29) is 6.04 Å². The molecule has 0 aliphatic carbocycles. The van der Waals surface area contributed by atoms with Crippen molar-refractivity contribution >= 4 is 33.3 Å². The molecule has 2 heterocycles. The lowest BCUT2D eigenvalue weighted by Crippen LogP contribution is -2.12. The molecule has 0 aliphatic heterocycles. The summed E-state index contributed by atoms with van der Waals surface area (Å²) in [6.45, 7) is 2.75. The van der Waals surface area contributed by atoms with E-state index >= 15 is 0 Å². The van der Waals surface area contributed by atoms with E-state index in [2.05, 4.69) is 48.9 Å². The van der Waals surface area contributed by atoms with E-state index in [0.29, 0.717) is 11.9 Å². The number of aromatic nitrogens is 2. The van der Waals surface area contributed by atoms with Gasteiger partial charge in [0.25, 0.3) is 0 Å². The second-order valence-electron chi connectivity index (χ2n) is 3.84. The van der Waals surface area contributed by atoms with Crippen LogP contribution in [0.4, 0.5) is 6.01 Å². The third kappa shape index (κ3) is 3.54. The molecule has 2 aromatic rings. The zero-order valence-corrected chi connectivity index (χ0v) is 12.6. The van der Waals surface area contributed by atoms with Crippen LogP contribution in [0.25, 0.3) is 0 Å². The summed E-state index contributed by atoms with van der Waals surface area (Å²) in [5.74, 6) is 0.596. The number of thiophene rings is 1. The Balaban J connectivity index is 1.81. The molecular formula is C11H15BrN4OS. The van der Waals surface area contributed by atoms with Crippen molar-refractivity contribution in [2.24, 2.45) is 0 Å². The molecule has 1 atom stereocenters. The predicted molar refractivity (Wildman–Crippen MR) is 76.0 cm³/mol. The highest BCUT2D eigenvalue weighted by molar-refractivity contribution is 9.11. The molecule has 0 bridgehead atoms. The van der Waals surface area contributed by atoms with E-state index < -0.39 is 0 Å². The minimum absolute atomic E-state index is 0.0706. The fourth-order valence-electron chi connectivity index (χ4n) is 1.38. The summed E-state index contributed by atoms with van der Waals surface area (Å²) in [6.07, 6.45) is 0.940. The van der Waals surface area contributed by atoms with Crippen molar-refractivity contribution in [3.63, 3.8) is 0 Å². The Morgan fingerprint density at radius 3 is 2.94 bits per heavy atom. The first-order valence-electron chi connectivity index (χ1n) is 5.68. The molecule has 0 saturated heterocycles. The third-order valence-electron chi connectivity index (χ3n) is 2.52. The Morgan fingerprint density at radius 1 is 1.44 bits per heavy atom. The average Bonchev–Trinajstić information content (AvgIpc) is 2.98. The minimum atomic E-state index is 0.0706. The first kappa shape index (κ1) is 13.5. The molecule has 1 unspecified atom stereocenters. The quantitative estimate of drug-likeness (QED) is 0.852. The highest BCUT2D eigenvalue weighted by atomic mass is 79.9. The third-order valence-corrected chi connectivity index (χ3v) is 4.20. The van der Waals surface area contributed by atoms with Crippen molar-refractivity contribution < 1.29 is 4.42 Å². The van der Waals surface area contributed by atoms with Crippen LogP contribution in [0.1, 0.15) is 23.7 Å². The lowest BCUT2D eigenvalue weighted by atomic mass is 10.3. The van der Waals surface area contributed by atoms with Gasteiger partial charge < -0.3 is 15.1 Å². The summed E-state index contributed by atoms with van der Waals surface area (Å²) in [6, 6.07) is 4.71. The molecule has 7 heteroatoms. The summed E-state index contributed by atoms with van der Waals surface area (Å²) in [5.41, 5.74) is 0. The Labute approximate surface area is 118 Å². The van der Waals surface area contributed by atoms with E-state index in [1.807, 2.05) is 14.0 Å². The molecule has 98 valence electrons. The number of nitrogens with one attached hydrogen (secondary N) is 2. The SMILES string of the molecule is CNC(C)c1nnc(NCCc2ccc(Br)s2)o1. The van der Waals surface area contributed by atoms with Crippen molar-refractivity contribution in [2.75, 3.05) is 18.9 Å². The van der Waals surface area contributed by atoms with Crippen LogP contribution in [0.5, 0.6) is 0 Å². The molecular weight excluding hydrogens is 316 g/mol. The summed E-state index contributed by atoms with van der Waals surface area (Å²) in [4.78, 5) is 1.32. The second kappa shape index (κ2) is 6.31. The van der Waals surface area contributed by atoms with Gasteiger partial charge >= 0.3 is 6.01 Å². The summed E-state index contributed by atoms with van der Waals surface area (Å²) < 4.78 is 6.63. The van der Waals surface area contributed by atoms with E-state index in [9.17, 15) is 0 Å². The van der Waals surface area contributed by atoms with Crippen LogP contribution in [0.2, 0.25) is 0 Å². The van der Waals surface area contributed by atoms with E-state index in [4.69, 9.17) is 4.42 Å². The summed E-state index contributed by atoms with van der Waals surface area (Å²) in [5, 5.41) is 14.1. The normalized spacial score (nSPS) is 12.6. The Hall–Kier alpha value is -0.920. The van der Waals surface area contributed by atoms with Gasteiger partial charge in [0, 0.05) is 11.4 Å². The first-order valence-corrected chi connectivity index (χ1v) is 7.28. The number of rotatable bonds is 6. The summed E-state index contributed by atoms with van der Waals surface area (Å²) >= 11 is 5.18. The van der Waals surface area contributed by atoms with Crippen LogP contribution < -0.4 is 10.6 Å². The molecule has 0 radical (unpaired) electrons. The van der Waals surface area contributed by atoms with Gasteiger partial charge in [-0.15, -0.1) is 16.4 Å². The van der Waals surface area contributed by atoms with Crippen molar-refractivity contribution in [2.45, 2.75) is 19.4 Å². The van der Waals surface area contributed by atoms with Crippen LogP contribution in [0.3, 0.4) is 0 Å². The minimum Gasteiger partial charge on any atom is -0.406 e. The zero-order chi connectivity index (χ0) is 13.0. The molecule has 2 aromatic heterocycles. The number of anilines is 1. The van der Waals surface area contributed by atoms with Crippen molar-refractivity contribution in [1.29, 1.82) is 0 Å². The molecule has 0 aliphatic rings. The molecule has 2 N–H and O–H groups in total. The average molecular weight is 331 g/mol. The topological polar surface area (TPSA) is 63.0 Å². The van der Waals surface area contributed by atoms with Crippen LogP contribution in [-0.2, 0) is 6.42 Å². The lowest BCUT2D eigenvalue weighted by molar-refractivity contribution is 0.441. The number of nitrogens with zero attached hydrogens (tertiary/aromatic N) is 2. The van der Waals surface area contributed by atoms with Gasteiger partial charge in [0.2, 0.25) is 5.89 Å². The first-order chi connectivity index (χ1) is 8.69. The fraction of sp³-hybridized carbons (Fsp3) is 0.455. The van der Waals surface area contributed by atoms with Gasteiger partial charge in [-0.3, -0.25) is 0 Å². The van der Waals surface area contributed by atoms with E-state index in [1.165, 1.54) is 4.88 Å². The van der Waals surface area contributed by atoms with Gasteiger partial charge in [0.1, 0.15) is 0 Å². The maximum absolute atomic E-state index is 5.48. The van der Waals surface area contributed by atoms with Crippen molar-refractivity contribution in [3.8, 4) is 0 Å². The smallest absolute Gasteiger partial charge is 0.315 e. The Bertz CT molecular complexity index is 499. The van der Waals surface area contributed by atoms with Crippen molar-refractivity contribution in [1.82, 2.24) is 15.5 Å². The van der Waals surface area contributed by atoms with E-state index in [0.717, 1.165) is 16.8 Å². The summed E-state index contributed by atoms with van der Waals surface area (Å²) in [7, 11) is 1.86. The highest BCUT2D eigenvalue weighted by Crippen LogP contribution is 2.22. The Morgan fingerprint density at radius 2 is 2.28 bits per heavy atom. The number of halogens is 1. The zero-order valence-electron chi connectivity index (χ0n) is 10.2. The fourth-order valence-corrected chi connectivity index (χ4v) is 2.87. The molecule has 0 amide bonds. The van der Waals surface area contributed by atoms with Crippen molar-refractivity contribution in [3.05, 3.63) is 26.7 Å². The van der Waals surface area contributed by atoms with E-state index in [1.54, 1.807) is 11.3 Å². The predicted octanol–water partition coefficient (Wildman–Crippen LogP) is 2.83. The van der Waals surface area contributed by atoms with Gasteiger partial charge in [-0.2, -0.15) is 0 Å². The molecule has 0 spiro atoms. The van der Waals surface area contributed by atoms with Crippen LogP contribution >= 0.6 is 27.3 Å². The lowest BCUT2D eigenvalue weighted by Gasteiger charge is -2.02. The molecule has 2 rings (SSSR count). The largest absolute Gasteiger partial charge is 0.406 e. The molecule has 0 aromatic carbocycles. The monoisotopic (exact) mass is 330 g/mol. The van der Waals surface area contributed by atoms with Gasteiger partial charge in [-0.1, -0.05) is 5.10 Å². The second-order valence-corrected chi connectivity index (χ2v) is 6.39. The van der Waals surface area contributed by atoms with Gasteiger partial charge in [0.05, 0.1) is 9.83 Å². The standard InChI is InChI=1S/C11H15BrN4OS/c1-7(13-2)10-15-16-11(17-10)14-6-5-8-3-4-9(12)18-8/h3-4,7,13H,5-6H2,1-2H3,(H,14,16). The van der Waals surface area contributed by atoms with Gasteiger partial charge in [0.15, 0.2) is 0 Å². The maximum atomic E-state index is 5.48. The van der Waals surface area contributed by atoms with Gasteiger partial charge in [-0.25, -0.2) is 0 Å². The number of hydrogen-bond acceptors (Lipinski definition) is 6. The highest BCUT2D eigenvalue weighted by Gasteiger charge is 2.11. The van der Waals surface area contributed by atoms with Crippen LogP contribution in [0.15, 0.2) is 20.3 Å². The molecule has 0 fully saturated rings. The maximum Gasteiger partial charge on any atom is 0.315 e. The van der Waals surface area contributed by atoms with Crippen LogP contribution in [0, 0.1) is 0 Å². The molecule has 0 saturated carbocycles. The number of hydrogen-bond donors (Lipinski definition) is 2.